The van der Waals surface area contributed by atoms with Crippen LogP contribution in [0.5, 0.6) is 0 Å². The van der Waals surface area contributed by atoms with Gasteiger partial charge in [0.1, 0.15) is 6.73 Å². The highest BCUT2D eigenvalue weighted by molar-refractivity contribution is 6.76. The molecule has 150 valence electrons. The van der Waals surface area contributed by atoms with E-state index in [-0.39, 0.29) is 24.5 Å². The van der Waals surface area contributed by atoms with Gasteiger partial charge in [0.2, 0.25) is 0 Å². The Morgan fingerprint density at radius 1 is 1.37 bits per heavy atom. The van der Waals surface area contributed by atoms with Gasteiger partial charge in [0.25, 0.3) is 0 Å². The predicted octanol–water partition coefficient (Wildman–Crippen LogP) is 2.99. The van der Waals surface area contributed by atoms with E-state index in [1.165, 1.54) is 13.1 Å². The molecule has 0 radical (unpaired) electrons. The maximum Gasteiger partial charge on any atom is 0.409 e. The summed E-state index contributed by atoms with van der Waals surface area (Å²) < 4.78 is 11.8. The number of carbonyl (C=O) groups excluding carboxylic acids is 1. The Hall–Kier alpha value is -2.46. The number of carboxylic acid groups (broad SMARTS) is 1. The molecule has 0 bridgehead atoms. The van der Waals surface area contributed by atoms with Crippen LogP contribution in [0.3, 0.4) is 0 Å². The highest BCUT2D eigenvalue weighted by Crippen LogP contribution is 2.21. The van der Waals surface area contributed by atoms with Crippen LogP contribution < -0.4 is 0 Å². The fourth-order valence-electron chi connectivity index (χ4n) is 2.28. The summed E-state index contributed by atoms with van der Waals surface area (Å²) in [6.45, 7) is 10.4. The molecule has 1 aromatic rings. The fourth-order valence-corrected chi connectivity index (χ4v) is 3.04. The normalized spacial score (nSPS) is 12.1. The zero-order valence-electron chi connectivity index (χ0n) is 16.3. The van der Waals surface area contributed by atoms with Gasteiger partial charge in [0, 0.05) is 38.2 Å². The molecule has 0 aromatic carbocycles. The number of hydrogen-bond donors (Lipinski definition) is 1. The minimum absolute atomic E-state index is 0.0270. The Balaban J connectivity index is 3.16. The molecule has 0 fully saturated rings. The van der Waals surface area contributed by atoms with Crippen LogP contribution in [-0.4, -0.2) is 47.8 Å². The van der Waals surface area contributed by atoms with Crippen molar-refractivity contribution in [2.24, 2.45) is 0 Å². The maximum absolute atomic E-state index is 11.8. The molecule has 0 saturated carbocycles. The molecule has 1 rings (SSSR count). The highest BCUT2D eigenvalue weighted by Gasteiger charge is 2.26. The molecule has 9 nitrogen and oxygen atoms in total. The Bertz CT molecular complexity index is 747. The third-order valence-corrected chi connectivity index (χ3v) is 5.49. The predicted molar refractivity (Wildman–Crippen MR) is 102 cm³/mol. The average Bonchev–Trinajstić information content (AvgIpc) is 2.84. The molecule has 0 amide bonds. The number of hydrogen-bond acceptors (Lipinski definition) is 6. The topological polar surface area (TPSA) is 121 Å². The number of carbonyl (C=O) groups is 2. The summed E-state index contributed by atoms with van der Waals surface area (Å²) in [5.74, 6) is -2.36. The molecule has 0 spiro atoms. The second kappa shape index (κ2) is 9.47. The second-order valence-corrected chi connectivity index (χ2v) is 12.8. The van der Waals surface area contributed by atoms with E-state index in [0.29, 0.717) is 12.3 Å². The number of nitro groups is 1. The van der Waals surface area contributed by atoms with Crippen LogP contribution in [0.25, 0.3) is 6.08 Å². The summed E-state index contributed by atoms with van der Waals surface area (Å²) >= 11 is 0. The van der Waals surface area contributed by atoms with Gasteiger partial charge in [0.15, 0.2) is 0 Å². The van der Waals surface area contributed by atoms with E-state index in [1.807, 2.05) is 0 Å². The summed E-state index contributed by atoms with van der Waals surface area (Å²) in [5, 5.41) is 20.6. The fraction of sp³-hybridized carbons (Fsp3) is 0.529. The molecule has 0 aliphatic rings. The molecule has 0 saturated heterocycles. The van der Waals surface area contributed by atoms with Gasteiger partial charge >= 0.3 is 17.6 Å². The lowest BCUT2D eigenvalue weighted by Gasteiger charge is -2.16. The lowest BCUT2D eigenvalue weighted by atomic mass is 10.1. The average molecular weight is 398 g/mol. The van der Waals surface area contributed by atoms with Crippen molar-refractivity contribution >= 4 is 26.1 Å². The molecular formula is C17H26N2O7Si. The van der Waals surface area contributed by atoms with Gasteiger partial charge in [-0.2, -0.15) is 0 Å². The first-order valence-electron chi connectivity index (χ1n) is 8.52. The molecule has 0 aliphatic heterocycles. The minimum atomic E-state index is -1.25. The summed E-state index contributed by atoms with van der Waals surface area (Å²) in [4.78, 5) is 33.6. The van der Waals surface area contributed by atoms with Crippen LogP contribution in [0.4, 0.5) is 0 Å². The van der Waals surface area contributed by atoms with Crippen LogP contribution >= 0.6 is 0 Å². The van der Waals surface area contributed by atoms with Crippen molar-refractivity contribution < 1.29 is 29.1 Å². The van der Waals surface area contributed by atoms with Crippen molar-refractivity contribution in [2.45, 2.75) is 46.3 Å². The number of esters is 1. The minimum Gasteiger partial charge on any atom is -0.478 e. The SMILES string of the molecule is CCOC(=O)/C(=C/c1cn(COCC[Si](C)(C)C)c(C)c1C(=O)O)[N+](=O)[O-]. The number of ether oxygens (including phenoxy) is 2. The Morgan fingerprint density at radius 2 is 2.00 bits per heavy atom. The van der Waals surface area contributed by atoms with E-state index in [4.69, 9.17) is 4.74 Å². The van der Waals surface area contributed by atoms with Crippen molar-refractivity contribution in [3.05, 3.63) is 38.8 Å². The zero-order valence-corrected chi connectivity index (χ0v) is 17.3. The van der Waals surface area contributed by atoms with Crippen LogP contribution in [0.1, 0.15) is 28.5 Å². The Labute approximate surface area is 158 Å². The maximum atomic E-state index is 11.8. The number of rotatable bonds is 10. The monoisotopic (exact) mass is 398 g/mol. The molecular weight excluding hydrogens is 372 g/mol. The van der Waals surface area contributed by atoms with Gasteiger partial charge in [-0.05, 0) is 19.9 Å². The van der Waals surface area contributed by atoms with E-state index in [9.17, 15) is 24.8 Å². The van der Waals surface area contributed by atoms with E-state index >= 15 is 0 Å². The Kier molecular flexibility index (Phi) is 7.92. The van der Waals surface area contributed by atoms with Gasteiger partial charge < -0.3 is 19.1 Å². The van der Waals surface area contributed by atoms with Crippen LogP contribution in [-0.2, 0) is 21.0 Å². The molecule has 0 unspecified atom stereocenters. The standard InChI is InChI=1S/C17H26N2O7Si/c1-6-26-17(22)14(19(23)24)9-13-10-18(12(2)15(13)16(20)21)11-25-7-8-27(3,4)5/h9-10H,6-8,11H2,1-5H3,(H,20,21)/b14-9-. The van der Waals surface area contributed by atoms with Crippen molar-refractivity contribution in [3.63, 3.8) is 0 Å². The van der Waals surface area contributed by atoms with Crippen molar-refractivity contribution in [3.8, 4) is 0 Å². The van der Waals surface area contributed by atoms with Gasteiger partial charge in [-0.3, -0.25) is 10.1 Å². The van der Waals surface area contributed by atoms with Crippen LogP contribution in [0.15, 0.2) is 11.9 Å². The van der Waals surface area contributed by atoms with Crippen molar-refractivity contribution in [2.75, 3.05) is 13.2 Å². The molecule has 1 aromatic heterocycles. The molecule has 27 heavy (non-hydrogen) atoms. The molecule has 1 heterocycles. The van der Waals surface area contributed by atoms with E-state index in [1.54, 1.807) is 11.5 Å². The molecule has 0 aliphatic carbocycles. The number of aromatic carboxylic acids is 1. The largest absolute Gasteiger partial charge is 0.478 e. The summed E-state index contributed by atoms with van der Waals surface area (Å²) in [7, 11) is -1.25. The van der Waals surface area contributed by atoms with Gasteiger partial charge in [0.05, 0.1) is 17.1 Å². The zero-order chi connectivity index (χ0) is 20.8. The number of nitrogens with zero attached hydrogens (tertiary/aromatic N) is 2. The summed E-state index contributed by atoms with van der Waals surface area (Å²) in [6.07, 6.45) is 2.35. The first-order chi connectivity index (χ1) is 12.5. The molecule has 0 atom stereocenters. The van der Waals surface area contributed by atoms with E-state index in [0.717, 1.165) is 12.1 Å². The first-order valence-corrected chi connectivity index (χ1v) is 12.2. The lowest BCUT2D eigenvalue weighted by Crippen LogP contribution is -2.22. The highest BCUT2D eigenvalue weighted by atomic mass is 28.3. The molecule has 1 N–H and O–H groups in total. The summed E-state index contributed by atoms with van der Waals surface area (Å²) in [5.41, 5.74) is -0.509. The lowest BCUT2D eigenvalue weighted by molar-refractivity contribution is -0.419. The summed E-state index contributed by atoms with van der Waals surface area (Å²) in [6, 6.07) is 0.959. The van der Waals surface area contributed by atoms with Gasteiger partial charge in [-0.25, -0.2) is 9.59 Å². The van der Waals surface area contributed by atoms with Crippen molar-refractivity contribution in [1.29, 1.82) is 0 Å². The number of carboxylic acids is 1. The quantitative estimate of drug-likeness (QED) is 0.161. The van der Waals surface area contributed by atoms with Crippen LogP contribution in [0, 0.1) is 17.0 Å². The smallest absolute Gasteiger partial charge is 0.409 e. The van der Waals surface area contributed by atoms with E-state index in [2.05, 4.69) is 24.4 Å². The number of aromatic nitrogens is 1. The van der Waals surface area contributed by atoms with Crippen LogP contribution in [0.2, 0.25) is 25.7 Å². The third kappa shape index (κ3) is 6.64. The van der Waals surface area contributed by atoms with Gasteiger partial charge in [-0.15, -0.1) is 0 Å². The van der Waals surface area contributed by atoms with Gasteiger partial charge in [-0.1, -0.05) is 19.6 Å². The third-order valence-electron chi connectivity index (χ3n) is 3.79. The molecule has 10 heteroatoms. The second-order valence-electron chi connectivity index (χ2n) is 7.17. The Morgan fingerprint density at radius 3 is 2.48 bits per heavy atom. The first kappa shape index (κ1) is 22.6. The van der Waals surface area contributed by atoms with E-state index < -0.39 is 30.6 Å². The van der Waals surface area contributed by atoms with Crippen molar-refractivity contribution in [1.82, 2.24) is 4.57 Å².